The largest absolute Gasteiger partial charge is 0.316 e. The highest BCUT2D eigenvalue weighted by molar-refractivity contribution is 14.1. The van der Waals surface area contributed by atoms with E-state index in [-0.39, 0.29) is 0 Å². The van der Waals surface area contributed by atoms with Crippen LogP contribution in [0.25, 0.3) is 0 Å². The lowest BCUT2D eigenvalue weighted by Gasteiger charge is -2.31. The lowest BCUT2D eigenvalue weighted by atomic mass is 9.95. The van der Waals surface area contributed by atoms with E-state index in [0.29, 0.717) is 12.1 Å². The molecule has 98 valence electrons. The molecule has 0 radical (unpaired) electrons. The molecule has 1 N–H and O–H groups in total. The third kappa shape index (κ3) is 2.21. The first kappa shape index (κ1) is 12.9. The molecule has 2 fully saturated rings. The van der Waals surface area contributed by atoms with Gasteiger partial charge in [0.1, 0.15) is 0 Å². The second-order valence-corrected chi connectivity index (χ2v) is 6.99. The number of hydrogen-bond acceptors (Lipinski definition) is 2. The first-order chi connectivity index (χ1) is 8.66. The van der Waals surface area contributed by atoms with Crippen molar-refractivity contribution >= 4 is 22.6 Å². The van der Waals surface area contributed by atoms with E-state index in [1.165, 1.54) is 28.8 Å². The van der Waals surface area contributed by atoms with Gasteiger partial charge in [-0.15, -0.1) is 0 Å². The van der Waals surface area contributed by atoms with Gasteiger partial charge in [0.05, 0.1) is 0 Å². The van der Waals surface area contributed by atoms with Crippen LogP contribution in [0.3, 0.4) is 0 Å². The molecule has 3 rings (SSSR count). The maximum atomic E-state index is 3.53. The minimum absolute atomic E-state index is 0.544. The standard InChI is InChI=1S/C15H21IN2/c1-10(12-3-5-14(16)6-4-12)18-9-13-7-17-8-15(13)11(18)2/h3-6,10-11,13,15,17H,7-9H2,1-2H3. The Balaban J connectivity index is 1.77. The van der Waals surface area contributed by atoms with E-state index in [4.69, 9.17) is 0 Å². The summed E-state index contributed by atoms with van der Waals surface area (Å²) in [6.45, 7) is 8.44. The van der Waals surface area contributed by atoms with Gasteiger partial charge in [-0.1, -0.05) is 12.1 Å². The van der Waals surface area contributed by atoms with Crippen molar-refractivity contribution in [3.05, 3.63) is 33.4 Å². The Morgan fingerprint density at radius 3 is 2.67 bits per heavy atom. The summed E-state index contributed by atoms with van der Waals surface area (Å²) >= 11 is 2.37. The summed E-state index contributed by atoms with van der Waals surface area (Å²) in [6, 6.07) is 10.3. The summed E-state index contributed by atoms with van der Waals surface area (Å²) in [5, 5.41) is 3.53. The highest BCUT2D eigenvalue weighted by Gasteiger charge is 2.43. The van der Waals surface area contributed by atoms with Gasteiger partial charge in [0.2, 0.25) is 0 Å². The summed E-state index contributed by atoms with van der Waals surface area (Å²) in [5.74, 6) is 1.72. The third-order valence-corrected chi connectivity index (χ3v) is 5.55. The molecular weight excluding hydrogens is 335 g/mol. The topological polar surface area (TPSA) is 15.3 Å². The van der Waals surface area contributed by atoms with Gasteiger partial charge < -0.3 is 5.32 Å². The molecule has 0 spiro atoms. The number of fused-ring (bicyclic) bond motifs is 1. The molecule has 0 saturated carbocycles. The molecule has 1 aromatic rings. The average Bonchev–Trinajstić information content (AvgIpc) is 2.93. The number of likely N-dealkylation sites (tertiary alicyclic amines) is 1. The quantitative estimate of drug-likeness (QED) is 0.820. The molecule has 18 heavy (non-hydrogen) atoms. The molecule has 4 atom stereocenters. The maximum Gasteiger partial charge on any atom is 0.0322 e. The predicted molar refractivity (Wildman–Crippen MR) is 83.6 cm³/mol. The molecule has 2 aliphatic rings. The molecule has 0 bridgehead atoms. The Labute approximate surface area is 123 Å². The Morgan fingerprint density at radius 2 is 2.00 bits per heavy atom. The van der Waals surface area contributed by atoms with E-state index in [1.54, 1.807) is 0 Å². The molecule has 3 heteroatoms. The fourth-order valence-electron chi connectivity index (χ4n) is 3.64. The van der Waals surface area contributed by atoms with Gasteiger partial charge in [-0.25, -0.2) is 0 Å². The van der Waals surface area contributed by atoms with Gasteiger partial charge in [0, 0.05) is 22.2 Å². The highest BCUT2D eigenvalue weighted by atomic mass is 127. The first-order valence-corrected chi connectivity index (χ1v) is 7.96. The van der Waals surface area contributed by atoms with Crippen molar-refractivity contribution in [1.29, 1.82) is 0 Å². The van der Waals surface area contributed by atoms with E-state index < -0.39 is 0 Å². The number of rotatable bonds is 2. The van der Waals surface area contributed by atoms with Crippen molar-refractivity contribution in [2.24, 2.45) is 11.8 Å². The van der Waals surface area contributed by atoms with E-state index in [1.807, 2.05) is 0 Å². The molecule has 2 heterocycles. The van der Waals surface area contributed by atoms with Crippen molar-refractivity contribution in [2.45, 2.75) is 25.9 Å². The van der Waals surface area contributed by atoms with Crippen LogP contribution in [0.1, 0.15) is 25.5 Å². The van der Waals surface area contributed by atoms with Crippen LogP contribution < -0.4 is 5.32 Å². The zero-order valence-electron chi connectivity index (χ0n) is 11.1. The van der Waals surface area contributed by atoms with Crippen LogP contribution in [0, 0.1) is 15.4 Å². The Hall–Kier alpha value is -0.130. The number of halogens is 1. The Kier molecular flexibility index (Phi) is 3.65. The van der Waals surface area contributed by atoms with Crippen LogP contribution in [0.4, 0.5) is 0 Å². The van der Waals surface area contributed by atoms with Crippen molar-refractivity contribution in [1.82, 2.24) is 10.2 Å². The predicted octanol–water partition coefficient (Wildman–Crippen LogP) is 2.89. The molecular formula is C15H21IN2. The van der Waals surface area contributed by atoms with Gasteiger partial charge in [-0.2, -0.15) is 0 Å². The highest BCUT2D eigenvalue weighted by Crippen LogP contribution is 2.37. The molecule has 2 nitrogen and oxygen atoms in total. The van der Waals surface area contributed by atoms with Gasteiger partial charge >= 0.3 is 0 Å². The van der Waals surface area contributed by atoms with E-state index in [2.05, 4.69) is 70.9 Å². The molecule has 0 aliphatic carbocycles. The van der Waals surface area contributed by atoms with Crippen molar-refractivity contribution < 1.29 is 0 Å². The Morgan fingerprint density at radius 1 is 1.28 bits per heavy atom. The van der Waals surface area contributed by atoms with Crippen LogP contribution >= 0.6 is 22.6 Å². The summed E-state index contributed by atoms with van der Waals surface area (Å²) in [7, 11) is 0. The van der Waals surface area contributed by atoms with Crippen LogP contribution in [0.5, 0.6) is 0 Å². The van der Waals surface area contributed by atoms with E-state index in [9.17, 15) is 0 Å². The van der Waals surface area contributed by atoms with E-state index in [0.717, 1.165) is 11.8 Å². The number of benzene rings is 1. The minimum atomic E-state index is 0.544. The summed E-state index contributed by atoms with van der Waals surface area (Å²) < 4.78 is 1.32. The second kappa shape index (κ2) is 5.10. The lowest BCUT2D eigenvalue weighted by Crippen LogP contribution is -2.35. The normalized spacial score (nSPS) is 33.6. The van der Waals surface area contributed by atoms with Crippen molar-refractivity contribution in [3.63, 3.8) is 0 Å². The maximum absolute atomic E-state index is 3.53. The average molecular weight is 356 g/mol. The summed E-state index contributed by atoms with van der Waals surface area (Å²) in [4.78, 5) is 2.69. The SMILES string of the molecule is CC(c1ccc(I)cc1)N1CC2CNCC2C1C. The van der Waals surface area contributed by atoms with E-state index >= 15 is 0 Å². The van der Waals surface area contributed by atoms with Crippen LogP contribution in [-0.4, -0.2) is 30.6 Å². The van der Waals surface area contributed by atoms with Gasteiger partial charge in [-0.3, -0.25) is 4.90 Å². The van der Waals surface area contributed by atoms with Crippen molar-refractivity contribution in [3.8, 4) is 0 Å². The number of nitrogens with one attached hydrogen (secondary N) is 1. The summed E-state index contributed by atoms with van der Waals surface area (Å²) in [5.41, 5.74) is 1.45. The molecule has 4 unspecified atom stereocenters. The fourth-order valence-corrected chi connectivity index (χ4v) is 4.00. The molecule has 1 aromatic carbocycles. The molecule has 2 saturated heterocycles. The fraction of sp³-hybridized carbons (Fsp3) is 0.600. The first-order valence-electron chi connectivity index (χ1n) is 6.88. The second-order valence-electron chi connectivity index (χ2n) is 5.75. The third-order valence-electron chi connectivity index (χ3n) is 4.83. The molecule has 0 amide bonds. The Bertz CT molecular complexity index is 417. The van der Waals surface area contributed by atoms with Crippen LogP contribution in [-0.2, 0) is 0 Å². The molecule has 0 aromatic heterocycles. The lowest BCUT2D eigenvalue weighted by molar-refractivity contribution is 0.182. The van der Waals surface area contributed by atoms with Crippen LogP contribution in [0.15, 0.2) is 24.3 Å². The van der Waals surface area contributed by atoms with Crippen LogP contribution in [0.2, 0.25) is 0 Å². The smallest absolute Gasteiger partial charge is 0.0322 e. The van der Waals surface area contributed by atoms with Crippen molar-refractivity contribution in [2.75, 3.05) is 19.6 Å². The molecule has 2 aliphatic heterocycles. The minimum Gasteiger partial charge on any atom is -0.316 e. The number of hydrogen-bond donors (Lipinski definition) is 1. The summed E-state index contributed by atoms with van der Waals surface area (Å²) in [6.07, 6.45) is 0. The van der Waals surface area contributed by atoms with Gasteiger partial charge in [0.15, 0.2) is 0 Å². The monoisotopic (exact) mass is 356 g/mol. The zero-order valence-corrected chi connectivity index (χ0v) is 13.2. The van der Waals surface area contributed by atoms with Gasteiger partial charge in [-0.05, 0) is 79.1 Å². The zero-order chi connectivity index (χ0) is 12.7. The number of nitrogens with zero attached hydrogens (tertiary/aromatic N) is 1. The van der Waals surface area contributed by atoms with Gasteiger partial charge in [0.25, 0.3) is 0 Å².